The van der Waals surface area contributed by atoms with Crippen LogP contribution in [0.15, 0.2) is 48.7 Å². The summed E-state index contributed by atoms with van der Waals surface area (Å²) in [4.78, 5) is 21.7. The highest BCUT2D eigenvalue weighted by molar-refractivity contribution is 5.93. The molecule has 2 saturated heterocycles. The summed E-state index contributed by atoms with van der Waals surface area (Å²) in [6.45, 7) is 3.81. The van der Waals surface area contributed by atoms with Crippen molar-refractivity contribution in [3.05, 3.63) is 48.7 Å². The number of hydrogen-bond donors (Lipinski definition) is 1. The van der Waals surface area contributed by atoms with Gasteiger partial charge in [0.15, 0.2) is 0 Å². The van der Waals surface area contributed by atoms with Crippen LogP contribution in [0.4, 0.5) is 11.5 Å². The third-order valence-corrected chi connectivity index (χ3v) is 5.86. The highest BCUT2D eigenvalue weighted by Crippen LogP contribution is 2.24. The predicted molar refractivity (Wildman–Crippen MR) is 115 cm³/mol. The maximum Gasteiger partial charge on any atom is 0.229 e. The number of hydrogen-bond acceptors (Lipinski definition) is 5. The van der Waals surface area contributed by atoms with E-state index in [1.165, 1.54) is 0 Å². The van der Waals surface area contributed by atoms with Gasteiger partial charge in [-0.3, -0.25) is 4.79 Å². The van der Waals surface area contributed by atoms with Gasteiger partial charge in [0, 0.05) is 38.1 Å². The van der Waals surface area contributed by atoms with E-state index in [-0.39, 0.29) is 17.9 Å². The second-order valence-electron chi connectivity index (χ2n) is 8.11. The zero-order valence-electron chi connectivity index (χ0n) is 17.1. The van der Waals surface area contributed by atoms with E-state index < -0.39 is 0 Å². The van der Waals surface area contributed by atoms with E-state index in [1.807, 2.05) is 42.5 Å². The van der Waals surface area contributed by atoms with Gasteiger partial charge in [-0.25, -0.2) is 4.98 Å². The van der Waals surface area contributed by atoms with Crippen molar-refractivity contribution in [1.82, 2.24) is 9.88 Å². The maximum absolute atomic E-state index is 12.8. The van der Waals surface area contributed by atoms with Gasteiger partial charge in [-0.05, 0) is 69.1 Å². The van der Waals surface area contributed by atoms with Gasteiger partial charge in [0.2, 0.25) is 5.91 Å². The molecule has 6 nitrogen and oxygen atoms in total. The van der Waals surface area contributed by atoms with Gasteiger partial charge < -0.3 is 19.9 Å². The fraction of sp³-hybridized carbons (Fsp3) is 0.478. The Kier molecular flexibility index (Phi) is 6.30. The SMILES string of the molecule is CN1CCC(Oc2ccc(NC(=O)C3CCCN(c4ccccn4)C3)cc2)CC1. The smallest absolute Gasteiger partial charge is 0.229 e. The Morgan fingerprint density at radius 3 is 2.59 bits per heavy atom. The molecule has 0 radical (unpaired) electrons. The number of rotatable bonds is 5. The van der Waals surface area contributed by atoms with Gasteiger partial charge in [0.1, 0.15) is 17.7 Å². The molecule has 4 rings (SSSR count). The molecule has 1 aromatic heterocycles. The predicted octanol–water partition coefficient (Wildman–Crippen LogP) is 3.41. The van der Waals surface area contributed by atoms with E-state index >= 15 is 0 Å². The normalized spacial score (nSPS) is 21.0. The van der Waals surface area contributed by atoms with Crippen LogP contribution in [0.5, 0.6) is 5.75 Å². The van der Waals surface area contributed by atoms with Crippen LogP contribution in [0.25, 0.3) is 0 Å². The molecule has 3 heterocycles. The molecule has 2 aromatic rings. The number of amides is 1. The third kappa shape index (κ3) is 5.26. The first-order valence-electron chi connectivity index (χ1n) is 10.6. The van der Waals surface area contributed by atoms with Crippen LogP contribution in [0.2, 0.25) is 0 Å². The largest absolute Gasteiger partial charge is 0.490 e. The number of anilines is 2. The summed E-state index contributed by atoms with van der Waals surface area (Å²) < 4.78 is 6.09. The molecule has 0 spiro atoms. The Bertz CT molecular complexity index is 788. The minimum Gasteiger partial charge on any atom is -0.490 e. The van der Waals surface area contributed by atoms with E-state index in [9.17, 15) is 4.79 Å². The average Bonchev–Trinajstić information content (AvgIpc) is 2.77. The standard InChI is InChI=1S/C23H30N4O2/c1-26-15-11-21(12-16-26)29-20-9-7-19(8-10-20)25-23(28)18-5-4-14-27(17-18)22-6-2-3-13-24-22/h2-3,6-10,13,18,21H,4-5,11-12,14-17H2,1H3,(H,25,28). The van der Waals surface area contributed by atoms with E-state index in [4.69, 9.17) is 4.74 Å². The number of nitrogens with one attached hydrogen (secondary N) is 1. The van der Waals surface area contributed by atoms with E-state index in [0.29, 0.717) is 6.54 Å². The Hall–Kier alpha value is -2.60. The summed E-state index contributed by atoms with van der Waals surface area (Å²) in [6.07, 6.45) is 6.11. The van der Waals surface area contributed by atoms with Crippen LogP contribution in [0.1, 0.15) is 25.7 Å². The van der Waals surface area contributed by atoms with E-state index in [1.54, 1.807) is 6.20 Å². The van der Waals surface area contributed by atoms with E-state index in [0.717, 1.165) is 62.6 Å². The summed E-state index contributed by atoms with van der Waals surface area (Å²) in [5.41, 5.74) is 0.820. The number of aromatic nitrogens is 1. The third-order valence-electron chi connectivity index (χ3n) is 5.86. The van der Waals surface area contributed by atoms with Gasteiger partial charge in [0.05, 0.1) is 5.92 Å². The van der Waals surface area contributed by atoms with Crippen molar-refractivity contribution in [1.29, 1.82) is 0 Å². The van der Waals surface area contributed by atoms with Gasteiger partial charge >= 0.3 is 0 Å². The van der Waals surface area contributed by atoms with Crippen molar-refractivity contribution < 1.29 is 9.53 Å². The lowest BCUT2D eigenvalue weighted by molar-refractivity contribution is -0.120. The van der Waals surface area contributed by atoms with Crippen LogP contribution in [0, 0.1) is 5.92 Å². The van der Waals surface area contributed by atoms with Gasteiger partial charge in [-0.1, -0.05) is 6.07 Å². The van der Waals surface area contributed by atoms with Crippen molar-refractivity contribution in [2.24, 2.45) is 5.92 Å². The summed E-state index contributed by atoms with van der Waals surface area (Å²) in [5, 5.41) is 3.07. The summed E-state index contributed by atoms with van der Waals surface area (Å²) in [7, 11) is 2.15. The lowest BCUT2D eigenvalue weighted by Crippen LogP contribution is -2.41. The van der Waals surface area contributed by atoms with Crippen LogP contribution in [0.3, 0.4) is 0 Å². The molecular weight excluding hydrogens is 364 g/mol. The number of carbonyl (C=O) groups excluding carboxylic acids is 1. The van der Waals surface area contributed by atoms with Crippen molar-refractivity contribution in [2.45, 2.75) is 31.8 Å². The number of likely N-dealkylation sites (tertiary alicyclic amines) is 1. The zero-order chi connectivity index (χ0) is 20.1. The van der Waals surface area contributed by atoms with Crippen molar-refractivity contribution in [2.75, 3.05) is 43.4 Å². The van der Waals surface area contributed by atoms with Crippen LogP contribution in [-0.4, -0.2) is 55.1 Å². The summed E-state index contributed by atoms with van der Waals surface area (Å²) >= 11 is 0. The van der Waals surface area contributed by atoms with Crippen molar-refractivity contribution in [3.8, 4) is 5.75 Å². The molecular formula is C23H30N4O2. The molecule has 0 bridgehead atoms. The average molecular weight is 395 g/mol. The molecule has 1 N–H and O–H groups in total. The molecule has 2 aliphatic rings. The molecule has 29 heavy (non-hydrogen) atoms. The number of nitrogens with zero attached hydrogens (tertiary/aromatic N) is 3. The Morgan fingerprint density at radius 1 is 1.07 bits per heavy atom. The molecule has 0 saturated carbocycles. The summed E-state index contributed by atoms with van der Waals surface area (Å²) in [5.74, 6) is 1.87. The lowest BCUT2D eigenvalue weighted by atomic mass is 9.97. The molecule has 1 aromatic carbocycles. The zero-order valence-corrected chi connectivity index (χ0v) is 17.1. The second kappa shape index (κ2) is 9.27. The molecule has 2 fully saturated rings. The maximum atomic E-state index is 12.8. The van der Waals surface area contributed by atoms with Gasteiger partial charge in [-0.2, -0.15) is 0 Å². The number of piperidine rings is 2. The molecule has 1 atom stereocenters. The fourth-order valence-corrected chi connectivity index (χ4v) is 4.10. The Balaban J connectivity index is 1.30. The minimum atomic E-state index is -0.0269. The number of carbonyl (C=O) groups is 1. The Labute approximate surface area is 172 Å². The first kappa shape index (κ1) is 19.7. The number of benzene rings is 1. The molecule has 0 aliphatic carbocycles. The molecule has 6 heteroatoms. The Morgan fingerprint density at radius 2 is 1.86 bits per heavy atom. The van der Waals surface area contributed by atoms with Crippen LogP contribution >= 0.6 is 0 Å². The molecule has 154 valence electrons. The second-order valence-corrected chi connectivity index (χ2v) is 8.11. The van der Waals surface area contributed by atoms with Crippen molar-refractivity contribution in [3.63, 3.8) is 0 Å². The molecule has 1 amide bonds. The monoisotopic (exact) mass is 394 g/mol. The molecule has 2 aliphatic heterocycles. The van der Waals surface area contributed by atoms with E-state index in [2.05, 4.69) is 27.1 Å². The topological polar surface area (TPSA) is 57.7 Å². The van der Waals surface area contributed by atoms with Crippen LogP contribution in [-0.2, 0) is 4.79 Å². The lowest BCUT2D eigenvalue weighted by Gasteiger charge is -2.32. The first-order valence-corrected chi connectivity index (χ1v) is 10.6. The van der Waals surface area contributed by atoms with Crippen LogP contribution < -0.4 is 15.0 Å². The van der Waals surface area contributed by atoms with Crippen molar-refractivity contribution >= 4 is 17.4 Å². The number of ether oxygens (including phenoxy) is 1. The highest BCUT2D eigenvalue weighted by atomic mass is 16.5. The summed E-state index contributed by atoms with van der Waals surface area (Å²) in [6, 6.07) is 13.7. The molecule has 1 unspecified atom stereocenters. The van der Waals surface area contributed by atoms with Gasteiger partial charge in [0.25, 0.3) is 0 Å². The minimum absolute atomic E-state index is 0.0269. The highest BCUT2D eigenvalue weighted by Gasteiger charge is 2.26. The first-order chi connectivity index (χ1) is 14.2. The fourth-order valence-electron chi connectivity index (χ4n) is 4.10. The quantitative estimate of drug-likeness (QED) is 0.842. The van der Waals surface area contributed by atoms with Gasteiger partial charge in [-0.15, -0.1) is 0 Å². The number of pyridine rings is 1.